The number of hydrogen-bond acceptors (Lipinski definition) is 3. The Hall–Kier alpha value is -2.20. The topological polar surface area (TPSA) is 46.5 Å². The van der Waals surface area contributed by atoms with Crippen molar-refractivity contribution in [1.29, 1.82) is 0 Å². The van der Waals surface area contributed by atoms with Gasteiger partial charge in [0, 0.05) is 6.42 Å². The molecule has 0 aliphatic carbocycles. The van der Waals surface area contributed by atoms with Crippen molar-refractivity contribution >= 4 is 5.97 Å². The zero-order chi connectivity index (χ0) is 16.0. The molecule has 0 amide bonds. The van der Waals surface area contributed by atoms with Crippen LogP contribution in [0.15, 0.2) is 60.7 Å². The van der Waals surface area contributed by atoms with E-state index in [0.717, 1.165) is 5.56 Å². The summed E-state index contributed by atoms with van der Waals surface area (Å²) in [7, 11) is 0. The van der Waals surface area contributed by atoms with Crippen LogP contribution in [-0.4, -0.2) is 23.9 Å². The minimum Gasteiger partial charge on any atom is -0.464 e. The summed E-state index contributed by atoms with van der Waals surface area (Å²) in [4.78, 5) is 11.8. The highest BCUT2D eigenvalue weighted by molar-refractivity contribution is 5.76. The average molecular weight is 302 g/mol. The highest BCUT2D eigenvalue weighted by atomic mass is 19.1. The maximum absolute atomic E-state index is 14.7. The maximum atomic E-state index is 14.7. The second-order valence-electron chi connectivity index (χ2n) is 5.07. The van der Waals surface area contributed by atoms with E-state index in [0.29, 0.717) is 5.56 Å². The Balaban J connectivity index is 2.38. The van der Waals surface area contributed by atoms with E-state index < -0.39 is 17.7 Å². The first-order chi connectivity index (χ1) is 10.6. The van der Waals surface area contributed by atoms with Crippen molar-refractivity contribution < 1.29 is 19.0 Å². The Labute approximate surface area is 129 Å². The molecule has 0 aliphatic heterocycles. The molecule has 0 saturated heterocycles. The van der Waals surface area contributed by atoms with Crippen LogP contribution in [0.25, 0.3) is 0 Å². The summed E-state index contributed by atoms with van der Waals surface area (Å²) in [5.74, 6) is -1.05. The van der Waals surface area contributed by atoms with Crippen molar-refractivity contribution in [2.75, 3.05) is 6.61 Å². The third-order valence-corrected chi connectivity index (χ3v) is 3.50. The van der Waals surface area contributed by atoms with E-state index in [1.807, 2.05) is 6.07 Å². The number of benzene rings is 2. The van der Waals surface area contributed by atoms with Gasteiger partial charge in [0.1, 0.15) is 5.60 Å². The van der Waals surface area contributed by atoms with Crippen LogP contribution in [0, 0.1) is 0 Å². The van der Waals surface area contributed by atoms with Gasteiger partial charge in [-0.05, 0) is 18.1 Å². The minimum absolute atomic E-state index is 0.0160. The fraction of sp³-hybridized carbons (Fsp3) is 0.278. The summed E-state index contributed by atoms with van der Waals surface area (Å²) in [6.45, 7) is 1.67. The van der Waals surface area contributed by atoms with E-state index in [9.17, 15) is 14.3 Å². The maximum Gasteiger partial charge on any atom is 0.344 e. The highest BCUT2D eigenvalue weighted by Gasteiger charge is 2.44. The smallest absolute Gasteiger partial charge is 0.344 e. The van der Waals surface area contributed by atoms with Gasteiger partial charge in [-0.15, -0.1) is 0 Å². The molecule has 0 unspecified atom stereocenters. The summed E-state index contributed by atoms with van der Waals surface area (Å²) in [5, 5.41) is 10.9. The number of esters is 1. The van der Waals surface area contributed by atoms with Crippen LogP contribution in [0.5, 0.6) is 0 Å². The molecule has 0 radical (unpaired) electrons. The van der Waals surface area contributed by atoms with Gasteiger partial charge in [-0.3, -0.25) is 0 Å². The van der Waals surface area contributed by atoms with Crippen LogP contribution in [-0.2, 0) is 21.6 Å². The molecule has 22 heavy (non-hydrogen) atoms. The fourth-order valence-corrected chi connectivity index (χ4v) is 2.38. The summed E-state index contributed by atoms with van der Waals surface area (Å²) in [6, 6.07) is 17.4. The van der Waals surface area contributed by atoms with Crippen molar-refractivity contribution in [3.05, 3.63) is 71.8 Å². The van der Waals surface area contributed by atoms with Gasteiger partial charge in [-0.1, -0.05) is 60.7 Å². The van der Waals surface area contributed by atoms with Gasteiger partial charge < -0.3 is 9.84 Å². The number of alkyl halides is 1. The highest BCUT2D eigenvalue weighted by Crippen LogP contribution is 2.32. The Morgan fingerprint density at radius 3 is 2.23 bits per heavy atom. The number of carbonyl (C=O) groups is 1. The zero-order valence-corrected chi connectivity index (χ0v) is 12.4. The van der Waals surface area contributed by atoms with Crippen molar-refractivity contribution in [3.8, 4) is 0 Å². The lowest BCUT2D eigenvalue weighted by molar-refractivity contribution is -0.161. The lowest BCUT2D eigenvalue weighted by Crippen LogP contribution is -2.44. The molecule has 2 aromatic carbocycles. The SMILES string of the molecule is CCOC(=O)[C@@H](F)[C@](O)(Cc1ccccc1)c1ccccc1. The van der Waals surface area contributed by atoms with Crippen LogP contribution < -0.4 is 0 Å². The third-order valence-electron chi connectivity index (χ3n) is 3.50. The van der Waals surface area contributed by atoms with Crippen LogP contribution in [0.1, 0.15) is 18.1 Å². The second-order valence-corrected chi connectivity index (χ2v) is 5.07. The lowest BCUT2D eigenvalue weighted by Gasteiger charge is -2.31. The summed E-state index contributed by atoms with van der Waals surface area (Å²) in [6.07, 6.45) is -2.17. The first-order valence-corrected chi connectivity index (χ1v) is 7.20. The number of rotatable bonds is 6. The zero-order valence-electron chi connectivity index (χ0n) is 12.4. The van der Waals surface area contributed by atoms with Crippen molar-refractivity contribution in [2.24, 2.45) is 0 Å². The normalized spacial score (nSPS) is 14.9. The van der Waals surface area contributed by atoms with Crippen LogP contribution in [0.2, 0.25) is 0 Å². The van der Waals surface area contributed by atoms with Gasteiger partial charge >= 0.3 is 5.97 Å². The molecular weight excluding hydrogens is 283 g/mol. The van der Waals surface area contributed by atoms with Gasteiger partial charge in [0.05, 0.1) is 6.61 Å². The number of aliphatic hydroxyl groups is 1. The number of carbonyl (C=O) groups excluding carboxylic acids is 1. The summed E-state index contributed by atoms with van der Waals surface area (Å²) in [5.41, 5.74) is -0.880. The molecule has 1 N–H and O–H groups in total. The fourth-order valence-electron chi connectivity index (χ4n) is 2.38. The first-order valence-electron chi connectivity index (χ1n) is 7.20. The Kier molecular flexibility index (Phi) is 5.28. The predicted molar refractivity (Wildman–Crippen MR) is 82.0 cm³/mol. The number of halogens is 1. The molecule has 2 rings (SSSR count). The average Bonchev–Trinajstić information content (AvgIpc) is 2.56. The quantitative estimate of drug-likeness (QED) is 0.834. The van der Waals surface area contributed by atoms with Crippen molar-refractivity contribution in [1.82, 2.24) is 0 Å². The molecule has 0 spiro atoms. The Morgan fingerprint density at radius 2 is 1.68 bits per heavy atom. The molecule has 0 fully saturated rings. The molecule has 0 bridgehead atoms. The monoisotopic (exact) mass is 302 g/mol. The third kappa shape index (κ3) is 3.52. The van der Waals surface area contributed by atoms with Crippen LogP contribution in [0.4, 0.5) is 4.39 Å². The van der Waals surface area contributed by atoms with Crippen LogP contribution in [0.3, 0.4) is 0 Å². The van der Waals surface area contributed by atoms with Crippen molar-refractivity contribution in [3.63, 3.8) is 0 Å². The standard InChI is InChI=1S/C18H19FO3/c1-2-22-17(20)16(19)18(21,15-11-7-4-8-12-15)13-14-9-5-3-6-10-14/h3-12,16,21H,2,13H2,1H3/t16-,18+/m1/s1. The van der Waals surface area contributed by atoms with Crippen LogP contribution >= 0.6 is 0 Å². The lowest BCUT2D eigenvalue weighted by atomic mass is 9.83. The molecule has 2 aromatic rings. The molecule has 0 aromatic heterocycles. The summed E-state index contributed by atoms with van der Waals surface area (Å²) >= 11 is 0. The molecule has 3 nitrogen and oxygen atoms in total. The van der Waals surface area contributed by atoms with E-state index in [1.54, 1.807) is 61.5 Å². The molecule has 4 heteroatoms. The molecule has 0 heterocycles. The van der Waals surface area contributed by atoms with Gasteiger partial charge in [-0.2, -0.15) is 0 Å². The van der Waals surface area contributed by atoms with E-state index in [1.165, 1.54) is 0 Å². The molecule has 116 valence electrons. The number of hydrogen-bond donors (Lipinski definition) is 1. The van der Waals surface area contributed by atoms with Crippen molar-refractivity contribution in [2.45, 2.75) is 25.1 Å². The molecule has 0 aliphatic rings. The number of ether oxygens (including phenoxy) is 1. The van der Waals surface area contributed by atoms with Gasteiger partial charge in [0.2, 0.25) is 6.17 Å². The van der Waals surface area contributed by atoms with E-state index in [4.69, 9.17) is 4.74 Å². The molecular formula is C18H19FO3. The van der Waals surface area contributed by atoms with E-state index in [-0.39, 0.29) is 13.0 Å². The predicted octanol–water partition coefficient (Wildman–Crippen LogP) is 3.02. The van der Waals surface area contributed by atoms with Gasteiger partial charge in [0.15, 0.2) is 0 Å². The Morgan fingerprint density at radius 1 is 1.14 bits per heavy atom. The van der Waals surface area contributed by atoms with E-state index in [2.05, 4.69) is 0 Å². The molecule has 2 atom stereocenters. The minimum atomic E-state index is -2.16. The summed E-state index contributed by atoms with van der Waals surface area (Å²) < 4.78 is 19.4. The van der Waals surface area contributed by atoms with E-state index >= 15 is 0 Å². The first kappa shape index (κ1) is 16.2. The van der Waals surface area contributed by atoms with Gasteiger partial charge in [-0.25, -0.2) is 9.18 Å². The van der Waals surface area contributed by atoms with Gasteiger partial charge in [0.25, 0.3) is 0 Å². The largest absolute Gasteiger partial charge is 0.464 e. The Bertz CT molecular complexity index is 600. The molecule has 0 saturated carbocycles. The second kappa shape index (κ2) is 7.18.